The van der Waals surface area contributed by atoms with E-state index in [9.17, 15) is 0 Å². The van der Waals surface area contributed by atoms with Crippen LogP contribution in [-0.4, -0.2) is 19.8 Å². The van der Waals surface area contributed by atoms with Crippen LogP contribution in [0.15, 0.2) is 34.8 Å². The van der Waals surface area contributed by atoms with Gasteiger partial charge in [0.15, 0.2) is 0 Å². The molecule has 0 fully saturated rings. The lowest BCUT2D eigenvalue weighted by Crippen LogP contribution is -2.19. The van der Waals surface area contributed by atoms with E-state index in [1.54, 1.807) is 0 Å². The molecular formula is C14H20BrNO. The van der Waals surface area contributed by atoms with Crippen molar-refractivity contribution in [1.29, 1.82) is 0 Å². The molecule has 2 nitrogen and oxygen atoms in total. The van der Waals surface area contributed by atoms with E-state index in [1.165, 1.54) is 11.1 Å². The van der Waals surface area contributed by atoms with Gasteiger partial charge in [-0.05, 0) is 31.0 Å². The van der Waals surface area contributed by atoms with E-state index in [1.807, 2.05) is 6.92 Å². The molecule has 17 heavy (non-hydrogen) atoms. The quantitative estimate of drug-likeness (QED) is 0.615. The van der Waals surface area contributed by atoms with Crippen LogP contribution in [0.5, 0.6) is 0 Å². The molecule has 0 aliphatic heterocycles. The van der Waals surface area contributed by atoms with E-state index in [2.05, 4.69) is 52.9 Å². The van der Waals surface area contributed by atoms with Crippen LogP contribution in [-0.2, 0) is 11.3 Å². The summed E-state index contributed by atoms with van der Waals surface area (Å²) in [5.74, 6) is 0. The van der Waals surface area contributed by atoms with Gasteiger partial charge in [0, 0.05) is 17.6 Å². The molecule has 0 aromatic heterocycles. The Morgan fingerprint density at radius 1 is 1.47 bits per heavy atom. The maximum atomic E-state index is 5.41. The Morgan fingerprint density at radius 3 is 2.88 bits per heavy atom. The second-order valence-corrected chi connectivity index (χ2v) is 5.14. The molecule has 0 heterocycles. The number of hydrogen-bond acceptors (Lipinski definition) is 2. The first kappa shape index (κ1) is 14.4. The number of ether oxygens (including phenoxy) is 1. The van der Waals surface area contributed by atoms with Gasteiger partial charge in [0.2, 0.25) is 0 Å². The maximum absolute atomic E-state index is 5.41. The third-order valence-corrected chi connectivity index (χ3v) is 3.03. The SMILES string of the molecule is C=C(C)COCCNCc1ccc(C)cc1Br. The molecule has 0 radical (unpaired) electrons. The monoisotopic (exact) mass is 297 g/mol. The molecule has 0 atom stereocenters. The van der Waals surface area contributed by atoms with E-state index in [-0.39, 0.29) is 0 Å². The average molecular weight is 298 g/mol. The van der Waals surface area contributed by atoms with Crippen molar-refractivity contribution in [2.24, 2.45) is 0 Å². The minimum atomic E-state index is 0.649. The van der Waals surface area contributed by atoms with Crippen LogP contribution < -0.4 is 5.32 Å². The first-order valence-electron chi connectivity index (χ1n) is 5.77. The minimum absolute atomic E-state index is 0.649. The van der Waals surface area contributed by atoms with Crippen molar-refractivity contribution in [3.05, 3.63) is 46.0 Å². The third kappa shape index (κ3) is 6.01. The molecule has 1 aromatic rings. The summed E-state index contributed by atoms with van der Waals surface area (Å²) in [6, 6.07) is 6.40. The molecule has 0 amide bonds. The zero-order chi connectivity index (χ0) is 12.7. The molecule has 94 valence electrons. The molecule has 0 unspecified atom stereocenters. The Labute approximate surface area is 112 Å². The van der Waals surface area contributed by atoms with Crippen molar-refractivity contribution in [2.45, 2.75) is 20.4 Å². The van der Waals surface area contributed by atoms with Crippen LogP contribution in [0.2, 0.25) is 0 Å². The van der Waals surface area contributed by atoms with Gasteiger partial charge < -0.3 is 10.1 Å². The van der Waals surface area contributed by atoms with Gasteiger partial charge >= 0.3 is 0 Å². The number of aryl methyl sites for hydroxylation is 1. The predicted octanol–water partition coefficient (Wildman–Crippen LogP) is 3.44. The highest BCUT2D eigenvalue weighted by molar-refractivity contribution is 9.10. The van der Waals surface area contributed by atoms with Crippen molar-refractivity contribution in [3.63, 3.8) is 0 Å². The molecule has 3 heteroatoms. The van der Waals surface area contributed by atoms with Gasteiger partial charge in [-0.25, -0.2) is 0 Å². The van der Waals surface area contributed by atoms with Gasteiger partial charge in [0.25, 0.3) is 0 Å². The Morgan fingerprint density at radius 2 is 2.24 bits per heavy atom. The van der Waals surface area contributed by atoms with Crippen LogP contribution in [0.4, 0.5) is 0 Å². The van der Waals surface area contributed by atoms with Gasteiger partial charge in [0.05, 0.1) is 13.2 Å². The molecule has 0 spiro atoms. The summed E-state index contributed by atoms with van der Waals surface area (Å²) in [5, 5.41) is 3.35. The molecule has 1 N–H and O–H groups in total. The van der Waals surface area contributed by atoms with E-state index in [0.29, 0.717) is 6.61 Å². The van der Waals surface area contributed by atoms with E-state index in [4.69, 9.17) is 4.74 Å². The topological polar surface area (TPSA) is 21.3 Å². The standard InChI is InChI=1S/C14H20BrNO/c1-11(2)10-17-7-6-16-9-13-5-4-12(3)8-14(13)15/h4-5,8,16H,1,6-7,9-10H2,2-3H3. The summed E-state index contributed by atoms with van der Waals surface area (Å²) in [7, 11) is 0. The van der Waals surface area contributed by atoms with Crippen LogP contribution in [0.25, 0.3) is 0 Å². The Hall–Kier alpha value is -0.640. The summed E-state index contributed by atoms with van der Waals surface area (Å²) in [4.78, 5) is 0. The molecular weight excluding hydrogens is 278 g/mol. The summed E-state index contributed by atoms with van der Waals surface area (Å²) in [6.45, 7) is 10.9. The highest BCUT2D eigenvalue weighted by Crippen LogP contribution is 2.17. The summed E-state index contributed by atoms with van der Waals surface area (Å²) >= 11 is 3.57. The zero-order valence-corrected chi connectivity index (χ0v) is 12.1. The lowest BCUT2D eigenvalue weighted by molar-refractivity contribution is 0.157. The summed E-state index contributed by atoms with van der Waals surface area (Å²) < 4.78 is 6.57. The van der Waals surface area contributed by atoms with Gasteiger partial charge in [0.1, 0.15) is 0 Å². The molecule has 1 rings (SSSR count). The van der Waals surface area contributed by atoms with Gasteiger partial charge in [-0.2, -0.15) is 0 Å². The lowest BCUT2D eigenvalue weighted by Gasteiger charge is -2.08. The fraction of sp³-hybridized carbons (Fsp3) is 0.429. The first-order valence-corrected chi connectivity index (χ1v) is 6.57. The van der Waals surface area contributed by atoms with Crippen molar-refractivity contribution < 1.29 is 4.74 Å². The van der Waals surface area contributed by atoms with Crippen molar-refractivity contribution >= 4 is 15.9 Å². The second-order valence-electron chi connectivity index (χ2n) is 4.28. The smallest absolute Gasteiger partial charge is 0.0672 e. The van der Waals surface area contributed by atoms with Gasteiger partial charge in [-0.3, -0.25) is 0 Å². The fourth-order valence-electron chi connectivity index (χ4n) is 1.41. The fourth-order valence-corrected chi connectivity index (χ4v) is 2.04. The minimum Gasteiger partial charge on any atom is -0.376 e. The molecule has 0 bridgehead atoms. The Balaban J connectivity index is 2.20. The molecule has 0 saturated carbocycles. The van der Waals surface area contributed by atoms with Crippen molar-refractivity contribution in [2.75, 3.05) is 19.8 Å². The number of benzene rings is 1. The van der Waals surface area contributed by atoms with Gasteiger partial charge in [-0.15, -0.1) is 0 Å². The summed E-state index contributed by atoms with van der Waals surface area (Å²) in [5.41, 5.74) is 3.60. The van der Waals surface area contributed by atoms with E-state index in [0.717, 1.165) is 29.7 Å². The molecule has 1 aromatic carbocycles. The Kier molecular flexibility index (Phi) is 6.48. The van der Waals surface area contributed by atoms with E-state index < -0.39 is 0 Å². The van der Waals surface area contributed by atoms with Crippen LogP contribution in [0, 0.1) is 6.92 Å². The second kappa shape index (κ2) is 7.64. The first-order chi connectivity index (χ1) is 8.09. The van der Waals surface area contributed by atoms with Crippen molar-refractivity contribution in [3.8, 4) is 0 Å². The zero-order valence-electron chi connectivity index (χ0n) is 10.6. The van der Waals surface area contributed by atoms with Gasteiger partial charge in [-0.1, -0.05) is 40.2 Å². The number of halogens is 1. The highest BCUT2D eigenvalue weighted by atomic mass is 79.9. The maximum Gasteiger partial charge on any atom is 0.0672 e. The normalized spacial score (nSPS) is 10.5. The lowest BCUT2D eigenvalue weighted by atomic mass is 10.1. The predicted molar refractivity (Wildman–Crippen MR) is 76.2 cm³/mol. The molecule has 0 aliphatic rings. The van der Waals surface area contributed by atoms with Crippen molar-refractivity contribution in [1.82, 2.24) is 5.32 Å². The Bertz CT molecular complexity index is 376. The van der Waals surface area contributed by atoms with Crippen LogP contribution in [0.3, 0.4) is 0 Å². The molecule has 0 aliphatic carbocycles. The average Bonchev–Trinajstić information content (AvgIpc) is 2.25. The third-order valence-electron chi connectivity index (χ3n) is 2.30. The highest BCUT2D eigenvalue weighted by Gasteiger charge is 1.99. The van der Waals surface area contributed by atoms with Crippen LogP contribution >= 0.6 is 15.9 Å². The number of hydrogen-bond donors (Lipinski definition) is 1. The number of nitrogens with one attached hydrogen (secondary N) is 1. The number of rotatable bonds is 7. The van der Waals surface area contributed by atoms with Crippen LogP contribution in [0.1, 0.15) is 18.1 Å². The molecule has 0 saturated heterocycles. The largest absolute Gasteiger partial charge is 0.376 e. The van der Waals surface area contributed by atoms with E-state index >= 15 is 0 Å². The summed E-state index contributed by atoms with van der Waals surface area (Å²) in [6.07, 6.45) is 0.